The van der Waals surface area contributed by atoms with E-state index in [0.717, 1.165) is 40.6 Å². The SMILES string of the molecule is CCOC(=O)c1c(NC(=S)NC(NC(=O)c2ccc(Br)cc2)C(Cl)(Cl)Cl)sc2c1CCCC2. The molecule has 0 saturated carbocycles. The summed E-state index contributed by atoms with van der Waals surface area (Å²) in [6.45, 7) is 2.03. The number of benzene rings is 1. The smallest absolute Gasteiger partial charge is 0.341 e. The summed E-state index contributed by atoms with van der Waals surface area (Å²) in [6, 6.07) is 6.73. The number of alkyl halides is 3. The number of ether oxygens (including phenoxy) is 1. The van der Waals surface area contributed by atoms with Crippen LogP contribution in [0, 0.1) is 0 Å². The highest BCUT2D eigenvalue weighted by Gasteiger charge is 2.35. The predicted octanol–water partition coefficient (Wildman–Crippen LogP) is 5.98. The van der Waals surface area contributed by atoms with Gasteiger partial charge < -0.3 is 20.7 Å². The summed E-state index contributed by atoms with van der Waals surface area (Å²) in [5, 5.41) is 9.17. The Bertz CT molecular complexity index is 1040. The Morgan fingerprint density at radius 1 is 1.18 bits per heavy atom. The van der Waals surface area contributed by atoms with Crippen LogP contribution in [0.15, 0.2) is 28.7 Å². The lowest BCUT2D eigenvalue weighted by Crippen LogP contribution is -2.56. The molecule has 33 heavy (non-hydrogen) atoms. The van der Waals surface area contributed by atoms with E-state index in [2.05, 4.69) is 31.9 Å². The number of aryl methyl sites for hydroxylation is 1. The number of amides is 1. The third kappa shape index (κ3) is 6.96. The van der Waals surface area contributed by atoms with E-state index in [1.165, 1.54) is 11.3 Å². The largest absolute Gasteiger partial charge is 0.462 e. The molecule has 0 saturated heterocycles. The van der Waals surface area contributed by atoms with Gasteiger partial charge in [-0.15, -0.1) is 11.3 Å². The number of fused-ring (bicyclic) bond motifs is 1. The molecule has 0 bridgehead atoms. The van der Waals surface area contributed by atoms with E-state index in [9.17, 15) is 9.59 Å². The van der Waals surface area contributed by atoms with Crippen molar-refractivity contribution in [1.29, 1.82) is 0 Å². The van der Waals surface area contributed by atoms with Crippen LogP contribution < -0.4 is 16.0 Å². The Hall–Kier alpha value is -1.10. The standard InChI is InChI=1S/C21H21BrCl3N3O3S2/c1-2-31-18(30)15-13-5-3-4-6-14(13)33-17(15)27-20(32)28-19(21(23,24)25)26-16(29)11-7-9-12(22)10-8-11/h7-10,19H,2-6H2,1H3,(H,26,29)(H2,27,28,32). The number of hydrogen-bond acceptors (Lipinski definition) is 5. The maximum atomic E-state index is 12.6. The van der Waals surface area contributed by atoms with Crippen LogP contribution in [0.5, 0.6) is 0 Å². The van der Waals surface area contributed by atoms with Gasteiger partial charge in [0.25, 0.3) is 5.91 Å². The third-order valence-corrected chi connectivity index (χ3v) is 7.47. The Kier molecular flexibility index (Phi) is 9.28. The summed E-state index contributed by atoms with van der Waals surface area (Å²) in [5.74, 6) is -0.850. The molecule has 1 aromatic heterocycles. The molecule has 178 valence electrons. The molecule has 0 aliphatic heterocycles. The van der Waals surface area contributed by atoms with Gasteiger partial charge >= 0.3 is 5.97 Å². The summed E-state index contributed by atoms with van der Waals surface area (Å²) in [6.07, 6.45) is 2.64. The highest BCUT2D eigenvalue weighted by Crippen LogP contribution is 2.38. The Morgan fingerprint density at radius 3 is 2.48 bits per heavy atom. The van der Waals surface area contributed by atoms with Crippen molar-refractivity contribution in [1.82, 2.24) is 10.6 Å². The van der Waals surface area contributed by atoms with Gasteiger partial charge in [-0.05, 0) is 74.7 Å². The first-order chi connectivity index (χ1) is 15.6. The molecular formula is C21H21BrCl3N3O3S2. The number of esters is 1. The average Bonchev–Trinajstić information content (AvgIpc) is 3.10. The second-order valence-corrected chi connectivity index (χ2v) is 12.0. The van der Waals surface area contributed by atoms with E-state index in [1.54, 1.807) is 31.2 Å². The lowest BCUT2D eigenvalue weighted by Gasteiger charge is -2.27. The zero-order valence-corrected chi connectivity index (χ0v) is 23.0. The summed E-state index contributed by atoms with van der Waals surface area (Å²) in [5.41, 5.74) is 1.87. The summed E-state index contributed by atoms with van der Waals surface area (Å²) >= 11 is 28.5. The maximum absolute atomic E-state index is 12.6. The minimum atomic E-state index is -1.91. The predicted molar refractivity (Wildman–Crippen MR) is 142 cm³/mol. The fourth-order valence-corrected chi connectivity index (χ4v) is 5.52. The quantitative estimate of drug-likeness (QED) is 0.161. The van der Waals surface area contributed by atoms with Gasteiger partial charge in [-0.2, -0.15) is 0 Å². The number of anilines is 1. The van der Waals surface area contributed by atoms with E-state index in [-0.39, 0.29) is 11.7 Å². The van der Waals surface area contributed by atoms with Crippen LogP contribution in [0.4, 0.5) is 5.00 Å². The van der Waals surface area contributed by atoms with Crippen LogP contribution in [0.25, 0.3) is 0 Å². The first-order valence-corrected chi connectivity index (χ1v) is 13.3. The summed E-state index contributed by atoms with van der Waals surface area (Å²) < 4.78 is 4.18. The van der Waals surface area contributed by atoms with Gasteiger partial charge in [-0.3, -0.25) is 4.79 Å². The molecule has 3 N–H and O–H groups in total. The molecular weight excluding hydrogens is 593 g/mol. The van der Waals surface area contributed by atoms with Crippen molar-refractivity contribution in [3.8, 4) is 0 Å². The molecule has 0 radical (unpaired) electrons. The molecule has 12 heteroatoms. The number of carbonyl (C=O) groups is 2. The van der Waals surface area contributed by atoms with Crippen LogP contribution in [-0.4, -0.2) is 33.6 Å². The van der Waals surface area contributed by atoms with E-state index in [4.69, 9.17) is 51.8 Å². The van der Waals surface area contributed by atoms with Crippen molar-refractivity contribution >= 4 is 96.3 Å². The van der Waals surface area contributed by atoms with Crippen LogP contribution >= 0.6 is 74.3 Å². The number of nitrogens with one attached hydrogen (secondary N) is 3. The summed E-state index contributed by atoms with van der Waals surface area (Å²) in [7, 11) is 0. The second kappa shape index (κ2) is 11.6. The highest BCUT2D eigenvalue weighted by molar-refractivity contribution is 9.10. The van der Waals surface area contributed by atoms with Crippen molar-refractivity contribution in [3.05, 3.63) is 50.3 Å². The minimum absolute atomic E-state index is 0.0894. The van der Waals surface area contributed by atoms with Gasteiger partial charge in [-0.1, -0.05) is 50.7 Å². The van der Waals surface area contributed by atoms with Gasteiger partial charge in [0.05, 0.1) is 12.2 Å². The van der Waals surface area contributed by atoms with Crippen molar-refractivity contribution < 1.29 is 14.3 Å². The van der Waals surface area contributed by atoms with Gasteiger partial charge in [-0.25, -0.2) is 4.79 Å². The van der Waals surface area contributed by atoms with E-state index >= 15 is 0 Å². The molecule has 0 spiro atoms. The third-order valence-electron chi connectivity index (χ3n) is 4.86. The number of halogens is 4. The van der Waals surface area contributed by atoms with Crippen molar-refractivity contribution in [2.24, 2.45) is 0 Å². The fourth-order valence-electron chi connectivity index (χ4n) is 3.36. The molecule has 1 aromatic carbocycles. The van der Waals surface area contributed by atoms with Crippen molar-refractivity contribution in [3.63, 3.8) is 0 Å². The van der Waals surface area contributed by atoms with Crippen molar-refractivity contribution in [2.45, 2.75) is 42.6 Å². The normalized spacial score (nSPS) is 14.1. The lowest BCUT2D eigenvalue weighted by atomic mass is 9.95. The minimum Gasteiger partial charge on any atom is -0.462 e. The zero-order chi connectivity index (χ0) is 24.2. The first-order valence-electron chi connectivity index (χ1n) is 10.1. The lowest BCUT2D eigenvalue weighted by molar-refractivity contribution is 0.0526. The molecule has 1 heterocycles. The topological polar surface area (TPSA) is 79.5 Å². The second-order valence-electron chi connectivity index (χ2n) is 7.19. The van der Waals surface area contributed by atoms with Crippen LogP contribution in [0.1, 0.15) is 50.9 Å². The maximum Gasteiger partial charge on any atom is 0.341 e. The van der Waals surface area contributed by atoms with E-state index in [1.807, 2.05) is 0 Å². The molecule has 0 fully saturated rings. The number of thiophene rings is 1. The summed E-state index contributed by atoms with van der Waals surface area (Å²) in [4.78, 5) is 26.4. The van der Waals surface area contributed by atoms with Crippen LogP contribution in [0.2, 0.25) is 0 Å². The van der Waals surface area contributed by atoms with Gasteiger partial charge in [0, 0.05) is 14.9 Å². The molecule has 1 amide bonds. The number of hydrogen-bond donors (Lipinski definition) is 3. The van der Waals surface area contributed by atoms with Crippen LogP contribution in [-0.2, 0) is 17.6 Å². The average molecular weight is 614 g/mol. The highest BCUT2D eigenvalue weighted by atomic mass is 79.9. The van der Waals surface area contributed by atoms with Crippen LogP contribution in [0.3, 0.4) is 0 Å². The monoisotopic (exact) mass is 611 g/mol. The molecule has 2 aromatic rings. The Balaban J connectivity index is 1.77. The fraction of sp³-hybridized carbons (Fsp3) is 0.381. The zero-order valence-electron chi connectivity index (χ0n) is 17.5. The number of carbonyl (C=O) groups excluding carboxylic acids is 2. The van der Waals surface area contributed by atoms with E-state index in [0.29, 0.717) is 16.1 Å². The molecule has 1 aliphatic rings. The Morgan fingerprint density at radius 2 is 1.85 bits per heavy atom. The van der Waals surface area contributed by atoms with Gasteiger partial charge in [0.15, 0.2) is 5.11 Å². The van der Waals surface area contributed by atoms with E-state index < -0.39 is 21.8 Å². The van der Waals surface area contributed by atoms with Crippen molar-refractivity contribution in [2.75, 3.05) is 11.9 Å². The number of rotatable bonds is 6. The first kappa shape index (κ1) is 26.5. The molecule has 3 rings (SSSR count). The molecule has 1 unspecified atom stereocenters. The molecule has 1 atom stereocenters. The van der Waals surface area contributed by atoms with Gasteiger partial charge in [0.1, 0.15) is 11.2 Å². The molecule has 1 aliphatic carbocycles. The number of thiocarbonyl (C=S) groups is 1. The molecule has 6 nitrogen and oxygen atoms in total. The Labute approximate surface area is 224 Å². The van der Waals surface area contributed by atoms with Gasteiger partial charge in [0.2, 0.25) is 3.79 Å².